The number of amides is 2. The topological polar surface area (TPSA) is 88.4 Å². The molecule has 0 aliphatic carbocycles. The molecule has 1 aliphatic heterocycles. The lowest BCUT2D eigenvalue weighted by atomic mass is 9.94. The highest BCUT2D eigenvalue weighted by atomic mass is 16.8. The van der Waals surface area contributed by atoms with Gasteiger partial charge in [0.1, 0.15) is 24.2 Å². The monoisotopic (exact) mass is 698 g/mol. The maximum absolute atomic E-state index is 13.5. The molecule has 1 aliphatic rings. The minimum absolute atomic E-state index is 0.0751. The lowest BCUT2D eigenvalue weighted by molar-refractivity contribution is -0.736. The smallest absolute Gasteiger partial charge is 0.316 e. The summed E-state index contributed by atoms with van der Waals surface area (Å²) in [5, 5.41) is 0. The number of carbonyl (C=O) groups excluding carboxylic acids is 2. The number of anilines is 1. The van der Waals surface area contributed by atoms with E-state index in [0.29, 0.717) is 41.6 Å². The first-order valence-electron chi connectivity index (χ1n) is 17.4. The van der Waals surface area contributed by atoms with Crippen molar-refractivity contribution < 1.29 is 28.8 Å². The van der Waals surface area contributed by atoms with E-state index in [1.807, 2.05) is 111 Å². The molecule has 0 saturated carbocycles. The van der Waals surface area contributed by atoms with E-state index in [9.17, 15) is 14.5 Å². The van der Waals surface area contributed by atoms with Gasteiger partial charge in [0.2, 0.25) is 0 Å². The van der Waals surface area contributed by atoms with Crippen LogP contribution in [0.25, 0.3) is 11.1 Å². The van der Waals surface area contributed by atoms with Gasteiger partial charge in [0.25, 0.3) is 16.7 Å². The predicted molar refractivity (Wildman–Crippen MR) is 202 cm³/mol. The number of carbonyl (C=O) groups is 2. The Morgan fingerprint density at radius 3 is 1.96 bits per heavy atom. The fraction of sp³-hybridized carbons (Fsp3) is 0.256. The Morgan fingerprint density at radius 1 is 0.769 bits per heavy atom. The van der Waals surface area contributed by atoms with Crippen LogP contribution in [-0.2, 0) is 11.4 Å². The highest BCUT2D eigenvalue weighted by molar-refractivity contribution is 6.08. The fourth-order valence-electron chi connectivity index (χ4n) is 6.48. The number of hydrogen-bond donors (Lipinski definition) is 0. The number of hydrogen-bond acceptors (Lipinski definition) is 6. The van der Waals surface area contributed by atoms with Gasteiger partial charge in [0, 0.05) is 61.9 Å². The highest BCUT2D eigenvalue weighted by Crippen LogP contribution is 2.30. The molecule has 1 heterocycles. The zero-order chi connectivity index (χ0) is 36.8. The van der Waals surface area contributed by atoms with E-state index in [4.69, 9.17) is 9.47 Å². The van der Waals surface area contributed by atoms with Crippen LogP contribution in [0.1, 0.15) is 55.8 Å². The van der Waals surface area contributed by atoms with E-state index in [0.717, 1.165) is 63.3 Å². The molecule has 0 atom stereocenters. The van der Waals surface area contributed by atoms with Gasteiger partial charge in [0.15, 0.2) is 7.11 Å². The lowest BCUT2D eigenvalue weighted by Gasteiger charge is -2.32. The van der Waals surface area contributed by atoms with E-state index >= 15 is 0 Å². The highest BCUT2D eigenvalue weighted by Gasteiger charge is 2.25. The van der Waals surface area contributed by atoms with Crippen molar-refractivity contribution in [3.8, 4) is 22.6 Å². The summed E-state index contributed by atoms with van der Waals surface area (Å²) in [5.41, 5.74) is 8.35. The second-order valence-electron chi connectivity index (χ2n) is 13.2. The van der Waals surface area contributed by atoms with E-state index in [2.05, 4.69) is 4.84 Å². The van der Waals surface area contributed by atoms with Gasteiger partial charge >= 0.3 is 5.69 Å². The van der Waals surface area contributed by atoms with Crippen LogP contribution in [0, 0.1) is 25.7 Å². The Balaban J connectivity index is 0.997. The van der Waals surface area contributed by atoms with E-state index in [1.165, 1.54) is 7.11 Å². The zero-order valence-electron chi connectivity index (χ0n) is 30.3. The second kappa shape index (κ2) is 15.9. The maximum atomic E-state index is 13.5. The molecule has 0 radical (unpaired) electrons. The van der Waals surface area contributed by atoms with Crippen LogP contribution in [0.15, 0.2) is 109 Å². The first kappa shape index (κ1) is 35.9. The van der Waals surface area contributed by atoms with Gasteiger partial charge in [-0.25, -0.2) is 4.84 Å². The normalized spacial score (nSPS) is 13.0. The van der Waals surface area contributed by atoms with E-state index in [-0.39, 0.29) is 17.9 Å². The second-order valence-corrected chi connectivity index (χ2v) is 13.2. The van der Waals surface area contributed by atoms with Crippen LogP contribution < -0.4 is 14.4 Å². The van der Waals surface area contributed by atoms with Crippen LogP contribution in [0.2, 0.25) is 0 Å². The van der Waals surface area contributed by atoms with Crippen molar-refractivity contribution in [2.45, 2.75) is 46.3 Å². The molecule has 0 unspecified atom stereocenters. The molecule has 0 bridgehead atoms. The zero-order valence-corrected chi connectivity index (χ0v) is 30.3. The molecule has 9 heteroatoms. The van der Waals surface area contributed by atoms with Crippen LogP contribution in [0.5, 0.6) is 11.5 Å². The molecule has 6 rings (SSSR count). The largest absolute Gasteiger partial charge is 0.490 e. The Bertz CT molecular complexity index is 2010. The van der Waals surface area contributed by atoms with E-state index < -0.39 is 0 Å². The third-order valence-corrected chi connectivity index (χ3v) is 9.51. The van der Waals surface area contributed by atoms with Crippen LogP contribution in [0.3, 0.4) is 0 Å². The molecule has 0 aromatic heterocycles. The number of benzene rings is 5. The Labute approximate surface area is 304 Å². The molecule has 5 aromatic carbocycles. The third-order valence-electron chi connectivity index (χ3n) is 9.51. The number of piperidine rings is 1. The average Bonchev–Trinajstić information content (AvgIpc) is 3.17. The molecule has 1 fully saturated rings. The van der Waals surface area contributed by atoms with E-state index in [1.54, 1.807) is 36.2 Å². The summed E-state index contributed by atoms with van der Waals surface area (Å²) < 4.78 is 12.3. The number of likely N-dealkylation sites (tertiary alicyclic amines) is 1. The molecule has 1 saturated heterocycles. The Morgan fingerprint density at radius 2 is 1.37 bits per heavy atom. The van der Waals surface area contributed by atoms with Crippen molar-refractivity contribution in [2.24, 2.45) is 0 Å². The SMILES string of the molecule is CO[N+](=O)c1ccc(N(C)C(=O)c2c(C)cc(-c3ccc(OCc4ccc(OC5CCN(C(=O)c6ccc(C)cc6)CC5)cc4)cc3)cc2C)cc1. The molecule has 5 aromatic rings. The fourth-order valence-corrected chi connectivity index (χ4v) is 6.48. The molecule has 0 N–H and O–H groups in total. The molecule has 9 nitrogen and oxygen atoms in total. The minimum Gasteiger partial charge on any atom is -0.490 e. The van der Waals surface area contributed by atoms with Crippen molar-refractivity contribution in [3.05, 3.63) is 147 Å². The predicted octanol–water partition coefficient (Wildman–Crippen LogP) is 8.79. The minimum atomic E-state index is -0.129. The van der Waals surface area contributed by atoms with Gasteiger partial charge < -0.3 is 19.3 Å². The van der Waals surface area contributed by atoms with Crippen LogP contribution in [-0.4, -0.2) is 55.0 Å². The first-order chi connectivity index (χ1) is 25.1. The van der Waals surface area contributed by atoms with Crippen molar-refractivity contribution in [3.63, 3.8) is 0 Å². The van der Waals surface area contributed by atoms with Gasteiger partial charge in [0.05, 0.1) is 4.91 Å². The third kappa shape index (κ3) is 8.32. The average molecular weight is 699 g/mol. The molecular formula is C43H44N3O6+. The van der Waals surface area contributed by atoms with Crippen molar-refractivity contribution in [1.82, 2.24) is 4.90 Å². The molecule has 0 spiro atoms. The van der Waals surface area contributed by atoms with Crippen molar-refractivity contribution in [2.75, 3.05) is 32.1 Å². The van der Waals surface area contributed by atoms with Gasteiger partial charge in [-0.2, -0.15) is 0 Å². The quantitative estimate of drug-likeness (QED) is 0.128. The summed E-state index contributed by atoms with van der Waals surface area (Å²) >= 11 is 0. The van der Waals surface area contributed by atoms with Crippen molar-refractivity contribution in [1.29, 1.82) is 0 Å². The number of nitrogens with zero attached hydrogens (tertiary/aromatic N) is 3. The van der Waals surface area contributed by atoms with Crippen LogP contribution in [0.4, 0.5) is 11.4 Å². The van der Waals surface area contributed by atoms with Crippen LogP contribution >= 0.6 is 0 Å². The van der Waals surface area contributed by atoms with Gasteiger partial charge in [-0.05, 0) is 97.1 Å². The number of ether oxygens (including phenoxy) is 2. The summed E-state index contributed by atoms with van der Waals surface area (Å²) in [5.74, 6) is 1.53. The molecule has 2 amide bonds. The first-order valence-corrected chi connectivity index (χ1v) is 17.4. The summed E-state index contributed by atoms with van der Waals surface area (Å²) in [6.45, 7) is 7.69. The summed E-state index contributed by atoms with van der Waals surface area (Å²) in [7, 11) is 3.02. The molecular weight excluding hydrogens is 654 g/mol. The standard InChI is InChI=1S/C43H44N3O6/c1-29-6-10-34(11-7-29)42(47)45-24-22-40(23-25-45)52-39-18-8-32(9-19-39)28-51-38-20-12-33(13-21-38)35-26-30(2)41(31(3)27-35)43(48)44(4)36-14-16-37(17-15-36)46(49)50-5/h6-21,26-27,40H,22-25,28H2,1-5H3/q+1. The van der Waals surface area contributed by atoms with Gasteiger partial charge in [-0.1, -0.05) is 54.1 Å². The molecule has 266 valence electrons. The summed E-state index contributed by atoms with van der Waals surface area (Å²) in [6.07, 6.45) is 1.67. The molecule has 52 heavy (non-hydrogen) atoms. The van der Waals surface area contributed by atoms with Gasteiger partial charge in [-0.15, -0.1) is 0 Å². The summed E-state index contributed by atoms with van der Waals surface area (Å²) in [6, 6.07) is 34.4. The van der Waals surface area contributed by atoms with Gasteiger partial charge in [-0.3, -0.25) is 9.59 Å². The summed E-state index contributed by atoms with van der Waals surface area (Å²) in [4.78, 5) is 46.7. The number of rotatable bonds is 11. The number of aryl methyl sites for hydroxylation is 3. The van der Waals surface area contributed by atoms with Crippen molar-refractivity contribution >= 4 is 23.2 Å². The Hall–Kier alpha value is -5.96. The lowest BCUT2D eigenvalue weighted by Crippen LogP contribution is -2.41. The Kier molecular flexibility index (Phi) is 11.0. The maximum Gasteiger partial charge on any atom is 0.316 e.